The third-order valence-corrected chi connectivity index (χ3v) is 5.11. The van der Waals surface area contributed by atoms with Gasteiger partial charge in [-0.3, -0.25) is 9.69 Å². The van der Waals surface area contributed by atoms with Crippen LogP contribution in [0.2, 0.25) is 0 Å². The topological polar surface area (TPSA) is 85.3 Å². The van der Waals surface area contributed by atoms with Gasteiger partial charge in [-0.25, -0.2) is 4.79 Å². The lowest BCUT2D eigenvalue weighted by Crippen LogP contribution is -2.53. The summed E-state index contributed by atoms with van der Waals surface area (Å²) in [7, 11) is 0. The van der Waals surface area contributed by atoms with Crippen molar-refractivity contribution in [3.8, 4) is 0 Å². The largest absolute Gasteiger partial charge is 0.510 e. The molecule has 0 aliphatic carbocycles. The van der Waals surface area contributed by atoms with Crippen molar-refractivity contribution in [2.24, 2.45) is 0 Å². The summed E-state index contributed by atoms with van der Waals surface area (Å²) in [4.78, 5) is 25.7. The summed E-state index contributed by atoms with van der Waals surface area (Å²) in [6, 6.07) is 19.0. The van der Waals surface area contributed by atoms with Crippen LogP contribution in [0.5, 0.6) is 0 Å². The molecule has 1 N–H and O–H groups in total. The van der Waals surface area contributed by atoms with Crippen molar-refractivity contribution < 1.29 is 28.9 Å². The van der Waals surface area contributed by atoms with Gasteiger partial charge in [0.05, 0.1) is 13.0 Å². The SMILES string of the molecule is O=C(OCc1ccccc1)OC1C(=C(CO)CC=Cc2ccccc2)O[C@@H]2CC(=O)N12. The van der Waals surface area contributed by atoms with E-state index < -0.39 is 18.6 Å². The van der Waals surface area contributed by atoms with E-state index in [1.165, 1.54) is 4.90 Å². The maximum atomic E-state index is 12.3. The fourth-order valence-electron chi connectivity index (χ4n) is 3.47. The maximum absolute atomic E-state index is 12.3. The maximum Gasteiger partial charge on any atom is 0.510 e. The van der Waals surface area contributed by atoms with Crippen LogP contribution in [-0.4, -0.2) is 41.1 Å². The number of carbonyl (C=O) groups is 2. The molecule has 0 aromatic heterocycles. The lowest BCUT2D eigenvalue weighted by molar-refractivity contribution is -0.165. The normalized spacial score (nSPS) is 21.3. The minimum absolute atomic E-state index is 0.0519. The van der Waals surface area contributed by atoms with E-state index >= 15 is 0 Å². The fraction of sp³-hybridized carbons (Fsp3) is 0.250. The number of aliphatic hydroxyl groups is 1. The number of nitrogens with zero attached hydrogens (tertiary/aromatic N) is 1. The molecule has 31 heavy (non-hydrogen) atoms. The van der Waals surface area contributed by atoms with Gasteiger partial charge in [-0.05, 0) is 17.5 Å². The summed E-state index contributed by atoms with van der Waals surface area (Å²) in [6.45, 7) is -0.238. The second-order valence-electron chi connectivity index (χ2n) is 7.22. The number of allylic oxidation sites excluding steroid dienone is 1. The van der Waals surface area contributed by atoms with Gasteiger partial charge in [0, 0.05) is 5.57 Å². The Morgan fingerprint density at radius 3 is 2.52 bits per heavy atom. The molecule has 2 heterocycles. The van der Waals surface area contributed by atoms with Gasteiger partial charge in [0.15, 0.2) is 12.0 Å². The molecular weight excluding hydrogens is 398 g/mol. The first-order chi connectivity index (χ1) is 15.2. The first-order valence-electron chi connectivity index (χ1n) is 10.0. The number of hydrogen-bond donors (Lipinski definition) is 1. The first-order valence-corrected chi connectivity index (χ1v) is 10.0. The minimum Gasteiger partial charge on any atom is -0.468 e. The van der Waals surface area contributed by atoms with Crippen molar-refractivity contribution in [3.05, 3.63) is 89.2 Å². The Hall–Kier alpha value is -3.58. The monoisotopic (exact) mass is 421 g/mol. The van der Waals surface area contributed by atoms with E-state index in [2.05, 4.69) is 0 Å². The number of ether oxygens (including phenoxy) is 3. The van der Waals surface area contributed by atoms with Crippen LogP contribution in [0.1, 0.15) is 24.0 Å². The Morgan fingerprint density at radius 2 is 1.84 bits per heavy atom. The number of hydrogen-bond acceptors (Lipinski definition) is 6. The Kier molecular flexibility index (Phi) is 6.33. The summed E-state index contributed by atoms with van der Waals surface area (Å²) in [5.74, 6) is 0.102. The van der Waals surface area contributed by atoms with Crippen molar-refractivity contribution in [2.75, 3.05) is 6.61 Å². The van der Waals surface area contributed by atoms with Crippen LogP contribution in [0.3, 0.4) is 0 Å². The van der Waals surface area contributed by atoms with E-state index in [9.17, 15) is 14.7 Å². The van der Waals surface area contributed by atoms with Crippen molar-refractivity contribution in [2.45, 2.75) is 31.9 Å². The van der Waals surface area contributed by atoms with Crippen molar-refractivity contribution in [1.82, 2.24) is 4.90 Å². The van der Waals surface area contributed by atoms with Gasteiger partial charge in [0.25, 0.3) is 0 Å². The fourth-order valence-corrected chi connectivity index (χ4v) is 3.47. The highest BCUT2D eigenvalue weighted by atomic mass is 16.7. The quantitative estimate of drug-likeness (QED) is 0.543. The highest BCUT2D eigenvalue weighted by molar-refractivity contribution is 5.84. The van der Waals surface area contributed by atoms with Gasteiger partial charge in [0.2, 0.25) is 12.1 Å². The molecule has 2 aromatic rings. The number of benzene rings is 2. The first kappa shape index (κ1) is 20.7. The van der Waals surface area contributed by atoms with E-state index in [1.807, 2.05) is 72.8 Å². The minimum atomic E-state index is -1.04. The predicted molar refractivity (Wildman–Crippen MR) is 112 cm³/mol. The zero-order valence-corrected chi connectivity index (χ0v) is 16.8. The Bertz CT molecular complexity index is 986. The molecule has 0 saturated carbocycles. The molecule has 0 radical (unpaired) electrons. The number of rotatable bonds is 7. The van der Waals surface area contributed by atoms with Crippen LogP contribution in [0.4, 0.5) is 4.79 Å². The molecule has 160 valence electrons. The van der Waals surface area contributed by atoms with E-state index in [4.69, 9.17) is 14.2 Å². The van der Waals surface area contributed by atoms with Crippen LogP contribution in [0.15, 0.2) is 78.1 Å². The predicted octanol–water partition coefficient (Wildman–Crippen LogP) is 3.60. The van der Waals surface area contributed by atoms with Crippen LogP contribution < -0.4 is 0 Å². The van der Waals surface area contributed by atoms with Gasteiger partial charge in [-0.15, -0.1) is 0 Å². The standard InChI is InChI=1S/C24H23NO6/c26-15-19(13-7-12-17-8-3-1-4-9-17)22-23(25-20(27)14-21(25)30-22)31-24(28)29-16-18-10-5-2-6-11-18/h1-12,21,23,26H,13-16H2/t21-,23?/m1/s1. The third-order valence-electron chi connectivity index (χ3n) is 5.11. The molecule has 7 heteroatoms. The summed E-state index contributed by atoms with van der Waals surface area (Å²) >= 11 is 0. The molecule has 2 aromatic carbocycles. The average molecular weight is 421 g/mol. The van der Waals surface area contributed by atoms with Crippen LogP contribution in [0, 0.1) is 0 Å². The number of carbonyl (C=O) groups excluding carboxylic acids is 2. The molecule has 2 saturated heterocycles. The molecule has 0 bridgehead atoms. The summed E-state index contributed by atoms with van der Waals surface area (Å²) < 4.78 is 16.4. The summed E-state index contributed by atoms with van der Waals surface area (Å²) in [5.41, 5.74) is 2.38. The Balaban J connectivity index is 1.46. The lowest BCUT2D eigenvalue weighted by atomic mass is 10.1. The van der Waals surface area contributed by atoms with Gasteiger partial charge in [-0.1, -0.05) is 72.8 Å². The molecule has 1 amide bonds. The van der Waals surface area contributed by atoms with E-state index in [-0.39, 0.29) is 31.3 Å². The van der Waals surface area contributed by atoms with Crippen molar-refractivity contribution in [1.29, 1.82) is 0 Å². The van der Waals surface area contributed by atoms with Gasteiger partial charge in [0.1, 0.15) is 6.61 Å². The van der Waals surface area contributed by atoms with Gasteiger partial charge >= 0.3 is 6.16 Å². The smallest absolute Gasteiger partial charge is 0.468 e. The number of amides is 1. The molecule has 0 spiro atoms. The molecular formula is C24H23NO6. The zero-order valence-electron chi connectivity index (χ0n) is 16.8. The van der Waals surface area contributed by atoms with E-state index in [0.29, 0.717) is 12.0 Å². The van der Waals surface area contributed by atoms with E-state index in [1.54, 1.807) is 0 Å². The molecule has 7 nitrogen and oxygen atoms in total. The zero-order chi connectivity index (χ0) is 21.6. The van der Waals surface area contributed by atoms with Crippen molar-refractivity contribution >= 4 is 18.1 Å². The van der Waals surface area contributed by atoms with Crippen molar-refractivity contribution in [3.63, 3.8) is 0 Å². The molecule has 1 unspecified atom stereocenters. The van der Waals surface area contributed by atoms with Crippen LogP contribution in [0.25, 0.3) is 6.08 Å². The van der Waals surface area contributed by atoms with Crippen LogP contribution in [-0.2, 0) is 25.6 Å². The number of aliphatic hydroxyl groups excluding tert-OH is 1. The second-order valence-corrected chi connectivity index (χ2v) is 7.22. The molecule has 4 rings (SSSR count). The highest BCUT2D eigenvalue weighted by Crippen LogP contribution is 2.39. The lowest BCUT2D eigenvalue weighted by Gasteiger charge is -2.33. The Labute approximate surface area is 180 Å². The number of β-lactam (4-membered cyclic amide) rings is 1. The van der Waals surface area contributed by atoms with Gasteiger partial charge < -0.3 is 19.3 Å². The summed E-state index contributed by atoms with van der Waals surface area (Å²) in [5, 5.41) is 9.90. The molecule has 2 aliphatic rings. The molecule has 2 aliphatic heterocycles. The van der Waals surface area contributed by atoms with E-state index in [0.717, 1.165) is 11.1 Å². The van der Waals surface area contributed by atoms with Gasteiger partial charge in [-0.2, -0.15) is 0 Å². The third kappa shape index (κ3) is 4.78. The average Bonchev–Trinajstić information content (AvgIpc) is 3.08. The van der Waals surface area contributed by atoms with Crippen LogP contribution >= 0.6 is 0 Å². The highest BCUT2D eigenvalue weighted by Gasteiger charge is 2.53. The second kappa shape index (κ2) is 9.49. The Morgan fingerprint density at radius 1 is 1.13 bits per heavy atom. The molecule has 2 atom stereocenters. The number of fused-ring (bicyclic) bond motifs is 1. The molecule has 2 fully saturated rings. The summed E-state index contributed by atoms with van der Waals surface area (Å²) in [6.07, 6.45) is 1.97.